The summed E-state index contributed by atoms with van der Waals surface area (Å²) in [5, 5.41) is 12.8. The molecule has 2 aliphatic rings. The molecule has 112 valence electrons. The smallest absolute Gasteiger partial charge is 0.253 e. The van der Waals surface area contributed by atoms with Gasteiger partial charge in [-0.2, -0.15) is 0 Å². The number of benzene rings is 1. The van der Waals surface area contributed by atoms with Crippen molar-refractivity contribution in [3.63, 3.8) is 0 Å². The minimum atomic E-state index is -0.656. The number of amides is 2. The third-order valence-electron chi connectivity index (χ3n) is 4.38. The van der Waals surface area contributed by atoms with E-state index < -0.39 is 5.60 Å². The Kier molecular flexibility index (Phi) is 3.45. The van der Waals surface area contributed by atoms with Crippen molar-refractivity contribution < 1.29 is 14.7 Å². The van der Waals surface area contributed by atoms with Gasteiger partial charge in [0, 0.05) is 30.8 Å². The molecule has 1 aromatic carbocycles. The fourth-order valence-electron chi connectivity index (χ4n) is 2.89. The van der Waals surface area contributed by atoms with Crippen LogP contribution in [0.5, 0.6) is 0 Å². The van der Waals surface area contributed by atoms with Crippen LogP contribution in [0.2, 0.25) is 0 Å². The van der Waals surface area contributed by atoms with Gasteiger partial charge in [0.1, 0.15) is 0 Å². The minimum absolute atomic E-state index is 0.00481. The Bertz CT molecular complexity index is 585. The zero-order valence-electron chi connectivity index (χ0n) is 12.2. The number of piperidine rings is 1. The molecule has 0 saturated carbocycles. The second-order valence-electron chi connectivity index (χ2n) is 6.21. The molecule has 2 amide bonds. The Morgan fingerprint density at radius 2 is 2.00 bits per heavy atom. The van der Waals surface area contributed by atoms with Gasteiger partial charge in [0.05, 0.1) is 5.60 Å². The fourth-order valence-corrected chi connectivity index (χ4v) is 2.89. The molecule has 2 aliphatic heterocycles. The Morgan fingerprint density at radius 3 is 2.71 bits per heavy atom. The molecule has 0 spiro atoms. The average Bonchev–Trinajstić information content (AvgIpc) is 2.46. The topological polar surface area (TPSA) is 69.6 Å². The summed E-state index contributed by atoms with van der Waals surface area (Å²) in [6, 6.07) is 5.45. The van der Waals surface area contributed by atoms with Crippen LogP contribution in [0, 0.1) is 0 Å². The number of anilines is 1. The van der Waals surface area contributed by atoms with Crippen LogP contribution in [0.4, 0.5) is 5.69 Å². The molecule has 2 heterocycles. The van der Waals surface area contributed by atoms with E-state index in [1.807, 2.05) is 13.0 Å². The SMILES string of the molecule is CC1(O)CCN(C(=O)c2ccc3c(c2)CCC(=O)N3)CC1. The van der Waals surface area contributed by atoms with Gasteiger partial charge < -0.3 is 15.3 Å². The molecule has 1 saturated heterocycles. The number of nitrogens with one attached hydrogen (secondary N) is 1. The lowest BCUT2D eigenvalue weighted by Gasteiger charge is -2.36. The predicted molar refractivity (Wildman–Crippen MR) is 79.2 cm³/mol. The van der Waals surface area contributed by atoms with E-state index in [9.17, 15) is 14.7 Å². The van der Waals surface area contributed by atoms with Crippen LogP contribution < -0.4 is 5.32 Å². The molecule has 0 aliphatic carbocycles. The van der Waals surface area contributed by atoms with Crippen molar-refractivity contribution in [3.05, 3.63) is 29.3 Å². The van der Waals surface area contributed by atoms with Crippen LogP contribution in [-0.4, -0.2) is 40.5 Å². The Labute approximate surface area is 123 Å². The molecule has 3 rings (SSSR count). The number of nitrogens with zero attached hydrogens (tertiary/aromatic N) is 1. The summed E-state index contributed by atoms with van der Waals surface area (Å²) in [6.07, 6.45) is 2.37. The molecular weight excluding hydrogens is 268 g/mol. The molecule has 1 aromatic rings. The predicted octanol–water partition coefficient (Wildman–Crippen LogP) is 1.56. The summed E-state index contributed by atoms with van der Waals surface area (Å²) in [6.45, 7) is 2.98. The van der Waals surface area contributed by atoms with E-state index in [4.69, 9.17) is 0 Å². The van der Waals surface area contributed by atoms with Crippen LogP contribution in [0.15, 0.2) is 18.2 Å². The normalized spacial score (nSPS) is 20.7. The Morgan fingerprint density at radius 1 is 1.29 bits per heavy atom. The highest BCUT2D eigenvalue weighted by Gasteiger charge is 2.30. The maximum absolute atomic E-state index is 12.5. The number of hydrogen-bond acceptors (Lipinski definition) is 3. The van der Waals surface area contributed by atoms with Crippen molar-refractivity contribution in [2.45, 2.75) is 38.2 Å². The molecule has 2 N–H and O–H groups in total. The zero-order chi connectivity index (χ0) is 15.0. The number of aliphatic hydroxyl groups is 1. The summed E-state index contributed by atoms with van der Waals surface area (Å²) in [5.41, 5.74) is 1.83. The van der Waals surface area contributed by atoms with Gasteiger partial charge >= 0.3 is 0 Å². The van der Waals surface area contributed by atoms with Gasteiger partial charge in [0.15, 0.2) is 0 Å². The van der Waals surface area contributed by atoms with E-state index in [1.54, 1.807) is 17.0 Å². The van der Waals surface area contributed by atoms with E-state index in [1.165, 1.54) is 0 Å². The van der Waals surface area contributed by atoms with Crippen molar-refractivity contribution >= 4 is 17.5 Å². The Hall–Kier alpha value is -1.88. The van der Waals surface area contributed by atoms with Gasteiger partial charge in [-0.05, 0) is 49.9 Å². The number of carbonyl (C=O) groups is 2. The van der Waals surface area contributed by atoms with E-state index in [0.29, 0.717) is 44.3 Å². The number of fused-ring (bicyclic) bond motifs is 1. The molecule has 5 nitrogen and oxygen atoms in total. The summed E-state index contributed by atoms with van der Waals surface area (Å²) >= 11 is 0. The summed E-state index contributed by atoms with van der Waals surface area (Å²) < 4.78 is 0. The first-order chi connectivity index (χ1) is 9.94. The van der Waals surface area contributed by atoms with Gasteiger partial charge in [0.2, 0.25) is 5.91 Å². The number of rotatable bonds is 1. The van der Waals surface area contributed by atoms with Gasteiger partial charge in [-0.25, -0.2) is 0 Å². The average molecular weight is 288 g/mol. The number of aryl methyl sites for hydroxylation is 1. The van der Waals surface area contributed by atoms with Crippen molar-refractivity contribution in [1.82, 2.24) is 4.90 Å². The molecule has 1 fully saturated rings. The molecule has 0 atom stereocenters. The van der Waals surface area contributed by atoms with Crippen LogP contribution in [-0.2, 0) is 11.2 Å². The van der Waals surface area contributed by atoms with Gasteiger partial charge in [-0.15, -0.1) is 0 Å². The lowest BCUT2D eigenvalue weighted by molar-refractivity contribution is -0.116. The van der Waals surface area contributed by atoms with E-state index in [-0.39, 0.29) is 11.8 Å². The Balaban J connectivity index is 1.75. The quantitative estimate of drug-likeness (QED) is 0.824. The minimum Gasteiger partial charge on any atom is -0.390 e. The number of carbonyl (C=O) groups excluding carboxylic acids is 2. The highest BCUT2D eigenvalue weighted by molar-refractivity contribution is 5.98. The largest absolute Gasteiger partial charge is 0.390 e. The van der Waals surface area contributed by atoms with E-state index >= 15 is 0 Å². The summed E-state index contributed by atoms with van der Waals surface area (Å²) in [4.78, 5) is 25.7. The molecule has 5 heteroatoms. The van der Waals surface area contributed by atoms with Crippen molar-refractivity contribution in [2.24, 2.45) is 0 Å². The van der Waals surface area contributed by atoms with Crippen LogP contribution >= 0.6 is 0 Å². The second-order valence-corrected chi connectivity index (χ2v) is 6.21. The molecule has 0 aromatic heterocycles. The fraction of sp³-hybridized carbons (Fsp3) is 0.500. The van der Waals surface area contributed by atoms with Gasteiger partial charge in [-0.3, -0.25) is 9.59 Å². The molecule has 0 radical (unpaired) electrons. The first kappa shape index (κ1) is 14.1. The lowest BCUT2D eigenvalue weighted by atomic mass is 9.93. The van der Waals surface area contributed by atoms with Gasteiger partial charge in [-0.1, -0.05) is 0 Å². The third kappa shape index (κ3) is 2.93. The van der Waals surface area contributed by atoms with Crippen molar-refractivity contribution in [1.29, 1.82) is 0 Å². The molecule has 0 unspecified atom stereocenters. The highest BCUT2D eigenvalue weighted by atomic mass is 16.3. The maximum Gasteiger partial charge on any atom is 0.253 e. The van der Waals surface area contributed by atoms with Crippen LogP contribution in [0.25, 0.3) is 0 Å². The second kappa shape index (κ2) is 5.15. The molecular formula is C16H20N2O3. The van der Waals surface area contributed by atoms with Crippen molar-refractivity contribution in [2.75, 3.05) is 18.4 Å². The number of likely N-dealkylation sites (tertiary alicyclic amines) is 1. The van der Waals surface area contributed by atoms with E-state index in [0.717, 1.165) is 11.3 Å². The highest BCUT2D eigenvalue weighted by Crippen LogP contribution is 2.26. The van der Waals surface area contributed by atoms with Crippen LogP contribution in [0.1, 0.15) is 42.1 Å². The van der Waals surface area contributed by atoms with Gasteiger partial charge in [0.25, 0.3) is 5.91 Å². The first-order valence-corrected chi connectivity index (χ1v) is 7.39. The first-order valence-electron chi connectivity index (χ1n) is 7.39. The molecule has 0 bridgehead atoms. The third-order valence-corrected chi connectivity index (χ3v) is 4.38. The number of hydrogen-bond donors (Lipinski definition) is 2. The molecule has 21 heavy (non-hydrogen) atoms. The summed E-state index contributed by atoms with van der Waals surface area (Å²) in [7, 11) is 0. The van der Waals surface area contributed by atoms with Crippen molar-refractivity contribution in [3.8, 4) is 0 Å². The maximum atomic E-state index is 12.5. The van der Waals surface area contributed by atoms with Crippen LogP contribution in [0.3, 0.4) is 0 Å². The lowest BCUT2D eigenvalue weighted by Crippen LogP contribution is -2.45. The zero-order valence-corrected chi connectivity index (χ0v) is 12.2. The standard InChI is InChI=1S/C16H20N2O3/c1-16(21)6-8-18(9-7-16)15(20)12-2-4-13-11(10-12)3-5-14(19)17-13/h2,4,10,21H,3,5-9H2,1H3,(H,17,19). The van der Waals surface area contributed by atoms with E-state index in [2.05, 4.69) is 5.32 Å². The monoisotopic (exact) mass is 288 g/mol. The summed E-state index contributed by atoms with van der Waals surface area (Å²) in [5.74, 6) is 0.0324.